The number of unbranched alkanes of at least 4 members (excludes halogenated alkanes) is 1. The predicted octanol–water partition coefficient (Wildman–Crippen LogP) is 4.14. The van der Waals surface area contributed by atoms with Gasteiger partial charge in [-0.3, -0.25) is 0 Å². The molecule has 1 atom stereocenters. The van der Waals surface area contributed by atoms with E-state index in [0.717, 1.165) is 25.7 Å². The van der Waals surface area contributed by atoms with Crippen LogP contribution in [0.1, 0.15) is 72.1 Å². The van der Waals surface area contributed by atoms with Crippen molar-refractivity contribution < 1.29 is 4.74 Å². The molecule has 0 aromatic heterocycles. The van der Waals surface area contributed by atoms with E-state index in [2.05, 4.69) is 26.1 Å². The van der Waals surface area contributed by atoms with E-state index in [1.165, 1.54) is 51.5 Å². The summed E-state index contributed by atoms with van der Waals surface area (Å²) in [6, 6.07) is 0.828. The standard InChI is InChI=1S/C16H33NO/c1-4-7-10-16(6-3,11-13-18-12-5-2)14-17-15-8-9-15/h15,17H,4-14H2,1-3H3. The fourth-order valence-electron chi connectivity index (χ4n) is 2.52. The van der Waals surface area contributed by atoms with Crippen molar-refractivity contribution in [3.8, 4) is 0 Å². The molecule has 0 aromatic rings. The fourth-order valence-corrected chi connectivity index (χ4v) is 2.52. The smallest absolute Gasteiger partial charge is 0.0471 e. The van der Waals surface area contributed by atoms with Crippen LogP contribution >= 0.6 is 0 Å². The van der Waals surface area contributed by atoms with E-state index in [9.17, 15) is 0 Å². The molecule has 1 fully saturated rings. The van der Waals surface area contributed by atoms with Crippen LogP contribution in [0.15, 0.2) is 0 Å². The van der Waals surface area contributed by atoms with Gasteiger partial charge in [0.2, 0.25) is 0 Å². The Morgan fingerprint density at radius 3 is 2.39 bits per heavy atom. The molecule has 0 radical (unpaired) electrons. The highest BCUT2D eigenvalue weighted by Gasteiger charge is 2.30. The second kappa shape index (κ2) is 8.92. The Labute approximate surface area is 114 Å². The van der Waals surface area contributed by atoms with Gasteiger partial charge >= 0.3 is 0 Å². The van der Waals surface area contributed by atoms with Crippen LogP contribution in [0.4, 0.5) is 0 Å². The third kappa shape index (κ3) is 6.19. The van der Waals surface area contributed by atoms with Gasteiger partial charge in [0.25, 0.3) is 0 Å². The lowest BCUT2D eigenvalue weighted by atomic mass is 9.77. The number of rotatable bonds is 12. The van der Waals surface area contributed by atoms with Crippen molar-refractivity contribution in [1.82, 2.24) is 5.32 Å². The summed E-state index contributed by atoms with van der Waals surface area (Å²) >= 11 is 0. The maximum atomic E-state index is 5.71. The summed E-state index contributed by atoms with van der Waals surface area (Å²) in [6.45, 7) is 9.89. The SMILES string of the molecule is CCCCC(CC)(CCOCCC)CNC1CC1. The Bertz CT molecular complexity index is 203. The number of hydrogen-bond donors (Lipinski definition) is 1. The highest BCUT2D eigenvalue weighted by atomic mass is 16.5. The Kier molecular flexibility index (Phi) is 7.92. The zero-order chi connectivity index (χ0) is 13.3. The normalized spacial score (nSPS) is 18.8. The summed E-state index contributed by atoms with van der Waals surface area (Å²) in [5.74, 6) is 0. The van der Waals surface area contributed by atoms with Gasteiger partial charge in [0.15, 0.2) is 0 Å². The second-order valence-electron chi connectivity index (χ2n) is 5.97. The first-order valence-corrected chi connectivity index (χ1v) is 8.07. The van der Waals surface area contributed by atoms with E-state index in [1.54, 1.807) is 0 Å². The largest absolute Gasteiger partial charge is 0.381 e. The summed E-state index contributed by atoms with van der Waals surface area (Å²) in [7, 11) is 0. The first-order chi connectivity index (χ1) is 8.76. The highest BCUT2D eigenvalue weighted by molar-refractivity contribution is 4.87. The molecule has 0 spiro atoms. The molecule has 0 saturated heterocycles. The summed E-state index contributed by atoms with van der Waals surface area (Å²) in [5.41, 5.74) is 0.479. The molecule has 0 aromatic carbocycles. The van der Waals surface area contributed by atoms with Crippen molar-refractivity contribution in [2.45, 2.75) is 78.2 Å². The van der Waals surface area contributed by atoms with Gasteiger partial charge < -0.3 is 10.1 Å². The van der Waals surface area contributed by atoms with Crippen LogP contribution in [0.5, 0.6) is 0 Å². The van der Waals surface area contributed by atoms with Gasteiger partial charge in [0.1, 0.15) is 0 Å². The van der Waals surface area contributed by atoms with E-state index in [0.29, 0.717) is 5.41 Å². The molecule has 0 aliphatic heterocycles. The van der Waals surface area contributed by atoms with Crippen molar-refractivity contribution in [1.29, 1.82) is 0 Å². The maximum Gasteiger partial charge on any atom is 0.0471 e. The lowest BCUT2D eigenvalue weighted by molar-refractivity contribution is 0.0848. The molecule has 2 heteroatoms. The quantitative estimate of drug-likeness (QED) is 0.529. The highest BCUT2D eigenvalue weighted by Crippen LogP contribution is 2.33. The molecule has 1 saturated carbocycles. The van der Waals surface area contributed by atoms with Gasteiger partial charge in [-0.2, -0.15) is 0 Å². The van der Waals surface area contributed by atoms with Crippen molar-refractivity contribution in [3.63, 3.8) is 0 Å². The predicted molar refractivity (Wildman–Crippen MR) is 79.0 cm³/mol. The Morgan fingerprint density at radius 1 is 1.06 bits per heavy atom. The topological polar surface area (TPSA) is 21.3 Å². The van der Waals surface area contributed by atoms with E-state index in [1.807, 2.05) is 0 Å². The Balaban J connectivity index is 2.34. The van der Waals surface area contributed by atoms with Crippen molar-refractivity contribution in [3.05, 3.63) is 0 Å². The van der Waals surface area contributed by atoms with Gasteiger partial charge in [0, 0.05) is 25.8 Å². The minimum Gasteiger partial charge on any atom is -0.381 e. The Hall–Kier alpha value is -0.0800. The summed E-state index contributed by atoms with van der Waals surface area (Å²) in [5, 5.41) is 3.74. The zero-order valence-corrected chi connectivity index (χ0v) is 12.8. The number of nitrogens with one attached hydrogen (secondary N) is 1. The van der Waals surface area contributed by atoms with Crippen LogP contribution in [0.25, 0.3) is 0 Å². The fraction of sp³-hybridized carbons (Fsp3) is 1.00. The molecule has 0 heterocycles. The molecule has 18 heavy (non-hydrogen) atoms. The van der Waals surface area contributed by atoms with Crippen molar-refractivity contribution >= 4 is 0 Å². The average Bonchev–Trinajstić information content (AvgIpc) is 3.21. The Morgan fingerprint density at radius 2 is 1.83 bits per heavy atom. The first kappa shape index (κ1) is 16.0. The van der Waals surface area contributed by atoms with E-state index in [4.69, 9.17) is 4.74 Å². The molecule has 0 amide bonds. The summed E-state index contributed by atoms with van der Waals surface area (Å²) < 4.78 is 5.71. The summed E-state index contributed by atoms with van der Waals surface area (Å²) in [4.78, 5) is 0. The molecule has 1 aliphatic rings. The minimum atomic E-state index is 0.479. The average molecular weight is 255 g/mol. The van der Waals surface area contributed by atoms with Crippen LogP contribution in [0.3, 0.4) is 0 Å². The van der Waals surface area contributed by atoms with Crippen molar-refractivity contribution in [2.24, 2.45) is 5.41 Å². The molecule has 1 unspecified atom stereocenters. The van der Waals surface area contributed by atoms with Crippen LogP contribution < -0.4 is 5.32 Å². The second-order valence-corrected chi connectivity index (χ2v) is 5.97. The zero-order valence-electron chi connectivity index (χ0n) is 12.8. The molecular formula is C16H33NO. The lowest BCUT2D eigenvalue weighted by Gasteiger charge is -2.33. The molecular weight excluding hydrogens is 222 g/mol. The van der Waals surface area contributed by atoms with E-state index < -0.39 is 0 Å². The van der Waals surface area contributed by atoms with Gasteiger partial charge in [-0.05, 0) is 43.9 Å². The van der Waals surface area contributed by atoms with Gasteiger partial charge in [-0.15, -0.1) is 0 Å². The number of hydrogen-bond acceptors (Lipinski definition) is 2. The van der Waals surface area contributed by atoms with Crippen LogP contribution in [-0.4, -0.2) is 25.8 Å². The molecule has 0 bridgehead atoms. The molecule has 1 N–H and O–H groups in total. The van der Waals surface area contributed by atoms with E-state index in [-0.39, 0.29) is 0 Å². The summed E-state index contributed by atoms with van der Waals surface area (Å²) in [6.07, 6.45) is 10.4. The lowest BCUT2D eigenvalue weighted by Crippen LogP contribution is -2.36. The third-order valence-corrected chi connectivity index (χ3v) is 4.28. The van der Waals surface area contributed by atoms with Gasteiger partial charge in [-0.1, -0.05) is 33.6 Å². The monoisotopic (exact) mass is 255 g/mol. The number of ether oxygens (including phenoxy) is 1. The molecule has 108 valence electrons. The first-order valence-electron chi connectivity index (χ1n) is 8.07. The van der Waals surface area contributed by atoms with E-state index >= 15 is 0 Å². The molecule has 1 aliphatic carbocycles. The third-order valence-electron chi connectivity index (χ3n) is 4.28. The van der Waals surface area contributed by atoms with Crippen LogP contribution in [-0.2, 0) is 4.74 Å². The minimum absolute atomic E-state index is 0.479. The van der Waals surface area contributed by atoms with Crippen LogP contribution in [0, 0.1) is 5.41 Å². The molecule has 1 rings (SSSR count). The van der Waals surface area contributed by atoms with Gasteiger partial charge in [0.05, 0.1) is 0 Å². The van der Waals surface area contributed by atoms with Crippen molar-refractivity contribution in [2.75, 3.05) is 19.8 Å². The van der Waals surface area contributed by atoms with Gasteiger partial charge in [-0.25, -0.2) is 0 Å². The molecule has 2 nitrogen and oxygen atoms in total. The van der Waals surface area contributed by atoms with Crippen LogP contribution in [0.2, 0.25) is 0 Å². The maximum absolute atomic E-state index is 5.71.